The van der Waals surface area contributed by atoms with Gasteiger partial charge in [0.2, 0.25) is 0 Å². The topological polar surface area (TPSA) is 23.8 Å². The summed E-state index contributed by atoms with van der Waals surface area (Å²) < 4.78 is 0. The highest BCUT2D eigenvalue weighted by Crippen LogP contribution is 2.24. The third-order valence-corrected chi connectivity index (χ3v) is 1.26. The van der Waals surface area contributed by atoms with E-state index in [1.54, 1.807) is 6.08 Å². The van der Waals surface area contributed by atoms with Gasteiger partial charge in [-0.3, -0.25) is 0 Å². The SMILES string of the molecule is N#CC=C1CCC1. The molecule has 0 heterocycles. The highest BCUT2D eigenvalue weighted by molar-refractivity contribution is 5.17. The van der Waals surface area contributed by atoms with Crippen molar-refractivity contribution >= 4 is 0 Å². The molecule has 1 aliphatic carbocycles. The number of nitriles is 1. The quantitative estimate of drug-likeness (QED) is 0.417. The molecular formula is C6H7N. The third-order valence-electron chi connectivity index (χ3n) is 1.26. The Morgan fingerprint density at radius 1 is 1.57 bits per heavy atom. The molecule has 0 aromatic carbocycles. The molecule has 0 aliphatic heterocycles. The third kappa shape index (κ3) is 0.806. The monoisotopic (exact) mass is 93.1 g/mol. The van der Waals surface area contributed by atoms with Crippen molar-refractivity contribution in [2.24, 2.45) is 0 Å². The zero-order valence-electron chi connectivity index (χ0n) is 4.15. The van der Waals surface area contributed by atoms with E-state index in [-0.39, 0.29) is 0 Å². The van der Waals surface area contributed by atoms with Gasteiger partial charge in [-0.1, -0.05) is 5.57 Å². The molecule has 0 unspecified atom stereocenters. The van der Waals surface area contributed by atoms with E-state index in [0.717, 1.165) is 12.8 Å². The van der Waals surface area contributed by atoms with Crippen LogP contribution in [0.5, 0.6) is 0 Å². The summed E-state index contributed by atoms with van der Waals surface area (Å²) in [5.74, 6) is 0. The van der Waals surface area contributed by atoms with E-state index >= 15 is 0 Å². The zero-order chi connectivity index (χ0) is 5.11. The van der Waals surface area contributed by atoms with Gasteiger partial charge in [-0.05, 0) is 19.3 Å². The first-order valence-corrected chi connectivity index (χ1v) is 2.51. The predicted octanol–water partition coefficient (Wildman–Crippen LogP) is 1.62. The highest BCUT2D eigenvalue weighted by Gasteiger charge is 2.05. The zero-order valence-corrected chi connectivity index (χ0v) is 4.15. The Hall–Kier alpha value is -0.770. The molecule has 36 valence electrons. The van der Waals surface area contributed by atoms with Gasteiger partial charge in [0.15, 0.2) is 0 Å². The van der Waals surface area contributed by atoms with Gasteiger partial charge in [-0.25, -0.2) is 0 Å². The van der Waals surface area contributed by atoms with Crippen LogP contribution >= 0.6 is 0 Å². The van der Waals surface area contributed by atoms with E-state index in [4.69, 9.17) is 5.26 Å². The van der Waals surface area contributed by atoms with E-state index in [9.17, 15) is 0 Å². The summed E-state index contributed by atoms with van der Waals surface area (Å²) in [6, 6.07) is 2.01. The molecule has 0 spiro atoms. The Bertz CT molecular complexity index is 122. The van der Waals surface area contributed by atoms with Crippen molar-refractivity contribution in [2.75, 3.05) is 0 Å². The fourth-order valence-corrected chi connectivity index (χ4v) is 0.617. The number of hydrogen-bond donors (Lipinski definition) is 0. The lowest BCUT2D eigenvalue weighted by Crippen LogP contribution is -1.94. The smallest absolute Gasteiger partial charge is 0.0911 e. The molecule has 7 heavy (non-hydrogen) atoms. The van der Waals surface area contributed by atoms with Gasteiger partial charge in [0, 0.05) is 6.08 Å². The number of allylic oxidation sites excluding steroid dienone is 2. The average molecular weight is 93.1 g/mol. The van der Waals surface area contributed by atoms with E-state index in [1.165, 1.54) is 12.0 Å². The van der Waals surface area contributed by atoms with E-state index < -0.39 is 0 Å². The van der Waals surface area contributed by atoms with E-state index in [2.05, 4.69) is 0 Å². The molecule has 0 aromatic heterocycles. The van der Waals surface area contributed by atoms with Gasteiger partial charge in [0.1, 0.15) is 0 Å². The summed E-state index contributed by atoms with van der Waals surface area (Å²) in [6.45, 7) is 0. The van der Waals surface area contributed by atoms with Gasteiger partial charge in [-0.2, -0.15) is 5.26 Å². The van der Waals surface area contributed by atoms with Crippen molar-refractivity contribution in [1.29, 1.82) is 5.26 Å². The summed E-state index contributed by atoms with van der Waals surface area (Å²) in [5, 5.41) is 8.08. The molecule has 0 radical (unpaired) electrons. The Kier molecular flexibility index (Phi) is 1.12. The molecule has 1 nitrogen and oxygen atoms in total. The van der Waals surface area contributed by atoms with Crippen LogP contribution in [0.1, 0.15) is 19.3 Å². The Balaban J connectivity index is 2.41. The Labute approximate surface area is 43.3 Å². The lowest BCUT2D eigenvalue weighted by Gasteiger charge is -2.12. The highest BCUT2D eigenvalue weighted by atomic mass is 14.2. The van der Waals surface area contributed by atoms with Crippen molar-refractivity contribution in [3.05, 3.63) is 11.6 Å². The summed E-state index contributed by atoms with van der Waals surface area (Å²) in [4.78, 5) is 0. The second-order valence-electron chi connectivity index (χ2n) is 1.79. The van der Waals surface area contributed by atoms with Crippen molar-refractivity contribution < 1.29 is 0 Å². The van der Waals surface area contributed by atoms with Crippen LogP contribution in [0.25, 0.3) is 0 Å². The molecule has 1 aliphatic rings. The maximum atomic E-state index is 8.08. The normalized spacial score (nSPS) is 17.3. The summed E-state index contributed by atoms with van der Waals surface area (Å²) in [7, 11) is 0. The summed E-state index contributed by atoms with van der Waals surface area (Å²) in [6.07, 6.45) is 5.26. The fraction of sp³-hybridized carbons (Fsp3) is 0.500. The van der Waals surface area contributed by atoms with Crippen LogP contribution in [-0.4, -0.2) is 0 Å². The van der Waals surface area contributed by atoms with Crippen molar-refractivity contribution in [3.63, 3.8) is 0 Å². The molecule has 0 amide bonds. The number of rotatable bonds is 0. The Morgan fingerprint density at radius 2 is 2.29 bits per heavy atom. The maximum Gasteiger partial charge on any atom is 0.0911 e. The lowest BCUT2D eigenvalue weighted by atomic mass is 9.93. The molecular weight excluding hydrogens is 86.1 g/mol. The summed E-state index contributed by atoms with van der Waals surface area (Å²) in [5.41, 5.74) is 1.32. The van der Waals surface area contributed by atoms with Crippen molar-refractivity contribution in [1.82, 2.24) is 0 Å². The van der Waals surface area contributed by atoms with Crippen LogP contribution in [0.4, 0.5) is 0 Å². The Morgan fingerprint density at radius 3 is 2.43 bits per heavy atom. The van der Waals surface area contributed by atoms with Crippen molar-refractivity contribution in [2.45, 2.75) is 19.3 Å². The molecule has 0 atom stereocenters. The van der Waals surface area contributed by atoms with Gasteiger partial charge < -0.3 is 0 Å². The van der Waals surface area contributed by atoms with Crippen LogP contribution in [-0.2, 0) is 0 Å². The van der Waals surface area contributed by atoms with Gasteiger partial charge in [0.25, 0.3) is 0 Å². The second kappa shape index (κ2) is 1.79. The summed E-state index contributed by atoms with van der Waals surface area (Å²) >= 11 is 0. The van der Waals surface area contributed by atoms with Crippen LogP contribution in [0.3, 0.4) is 0 Å². The molecule has 0 N–H and O–H groups in total. The first-order chi connectivity index (χ1) is 3.43. The minimum Gasteiger partial charge on any atom is -0.193 e. The van der Waals surface area contributed by atoms with Gasteiger partial charge >= 0.3 is 0 Å². The van der Waals surface area contributed by atoms with Crippen LogP contribution < -0.4 is 0 Å². The van der Waals surface area contributed by atoms with Gasteiger partial charge in [0.05, 0.1) is 6.07 Å². The van der Waals surface area contributed by atoms with Crippen LogP contribution in [0.2, 0.25) is 0 Å². The maximum absolute atomic E-state index is 8.08. The predicted molar refractivity (Wildman–Crippen MR) is 27.5 cm³/mol. The first kappa shape index (κ1) is 4.39. The second-order valence-corrected chi connectivity index (χ2v) is 1.79. The standard InChI is InChI=1S/C6H7N/c7-5-4-6-2-1-3-6/h4H,1-3H2. The van der Waals surface area contributed by atoms with Crippen LogP contribution in [0, 0.1) is 11.3 Å². The molecule has 0 aromatic rings. The number of nitrogens with zero attached hydrogens (tertiary/aromatic N) is 1. The minimum absolute atomic E-state index is 1.16. The molecule has 1 saturated carbocycles. The first-order valence-electron chi connectivity index (χ1n) is 2.51. The molecule has 1 fully saturated rings. The molecule has 1 rings (SSSR count). The molecule has 0 saturated heterocycles. The largest absolute Gasteiger partial charge is 0.193 e. The minimum atomic E-state index is 1.16. The average Bonchev–Trinajstić information content (AvgIpc) is 1.55. The van der Waals surface area contributed by atoms with Crippen molar-refractivity contribution in [3.8, 4) is 6.07 Å². The number of hydrogen-bond acceptors (Lipinski definition) is 1. The van der Waals surface area contributed by atoms with E-state index in [1.807, 2.05) is 6.07 Å². The van der Waals surface area contributed by atoms with Gasteiger partial charge in [-0.15, -0.1) is 0 Å². The molecule has 1 heteroatoms. The molecule has 0 bridgehead atoms. The lowest BCUT2D eigenvalue weighted by molar-refractivity contribution is 0.663. The van der Waals surface area contributed by atoms with Crippen LogP contribution in [0.15, 0.2) is 11.6 Å². The fourth-order valence-electron chi connectivity index (χ4n) is 0.617. The van der Waals surface area contributed by atoms with E-state index in [0.29, 0.717) is 0 Å².